The third-order valence-electron chi connectivity index (χ3n) is 3.10. The molecule has 0 saturated carbocycles. The Bertz CT molecular complexity index is 548. The zero-order valence-electron chi connectivity index (χ0n) is 10.1. The second-order valence-electron chi connectivity index (χ2n) is 4.60. The van der Waals surface area contributed by atoms with Gasteiger partial charge in [-0.2, -0.15) is 13.2 Å². The fourth-order valence-electron chi connectivity index (χ4n) is 2.13. The van der Waals surface area contributed by atoms with Crippen molar-refractivity contribution in [2.45, 2.75) is 30.0 Å². The van der Waals surface area contributed by atoms with E-state index in [-0.39, 0.29) is 16.7 Å². The lowest BCUT2D eigenvalue weighted by atomic mass is 10.2. The molecule has 1 aliphatic heterocycles. The first-order chi connectivity index (χ1) is 8.79. The summed E-state index contributed by atoms with van der Waals surface area (Å²) in [4.78, 5) is -0.268. The first-order valence-corrected chi connectivity index (χ1v) is 7.58. The summed E-state index contributed by atoms with van der Waals surface area (Å²) in [5.74, 6) is -0.158. The largest absolute Gasteiger partial charge is 0.416 e. The lowest BCUT2D eigenvalue weighted by Crippen LogP contribution is -2.30. The molecule has 0 radical (unpaired) electrons. The molecule has 1 atom stereocenters. The van der Waals surface area contributed by atoms with Crippen LogP contribution in [0.2, 0.25) is 0 Å². The number of sulfone groups is 1. The van der Waals surface area contributed by atoms with Crippen molar-refractivity contribution in [3.05, 3.63) is 29.8 Å². The van der Waals surface area contributed by atoms with Gasteiger partial charge in [-0.25, -0.2) is 8.42 Å². The predicted molar refractivity (Wildman–Crippen MR) is 64.5 cm³/mol. The molecule has 1 unspecified atom stereocenters. The molecular formula is C12H14F3NO2S. The molecule has 19 heavy (non-hydrogen) atoms. The number of nitrogens with one attached hydrogen (secondary N) is 1. The molecule has 1 fully saturated rings. The average molecular weight is 293 g/mol. The van der Waals surface area contributed by atoms with Gasteiger partial charge in [0.15, 0.2) is 9.84 Å². The van der Waals surface area contributed by atoms with Gasteiger partial charge in [0.2, 0.25) is 0 Å². The van der Waals surface area contributed by atoms with Crippen molar-refractivity contribution in [3.8, 4) is 0 Å². The molecule has 1 aromatic carbocycles. The molecule has 1 heterocycles. The van der Waals surface area contributed by atoms with E-state index in [2.05, 4.69) is 5.32 Å². The van der Waals surface area contributed by atoms with E-state index in [1.165, 1.54) is 6.07 Å². The Hall–Kier alpha value is -1.08. The highest BCUT2D eigenvalue weighted by atomic mass is 32.2. The summed E-state index contributed by atoms with van der Waals surface area (Å²) in [7, 11) is -3.69. The maximum Gasteiger partial charge on any atom is 0.416 e. The van der Waals surface area contributed by atoms with Crippen LogP contribution in [0, 0.1) is 0 Å². The lowest BCUT2D eigenvalue weighted by molar-refractivity contribution is -0.137. The SMILES string of the molecule is O=S(=O)(CC1CCCN1)c1cccc(C(F)(F)F)c1. The van der Waals surface area contributed by atoms with Crippen LogP contribution in [-0.4, -0.2) is 26.8 Å². The summed E-state index contributed by atoms with van der Waals surface area (Å²) >= 11 is 0. The zero-order valence-corrected chi connectivity index (χ0v) is 10.9. The second-order valence-corrected chi connectivity index (χ2v) is 6.63. The van der Waals surface area contributed by atoms with Crippen LogP contribution in [-0.2, 0) is 16.0 Å². The number of hydrogen-bond donors (Lipinski definition) is 1. The summed E-state index contributed by atoms with van der Waals surface area (Å²) in [5, 5.41) is 3.03. The molecule has 1 N–H and O–H groups in total. The maximum absolute atomic E-state index is 12.6. The molecule has 3 nitrogen and oxygen atoms in total. The molecule has 2 rings (SSSR count). The Kier molecular flexibility index (Phi) is 3.87. The highest BCUT2D eigenvalue weighted by molar-refractivity contribution is 7.91. The van der Waals surface area contributed by atoms with Gasteiger partial charge in [-0.3, -0.25) is 0 Å². The van der Waals surface area contributed by atoms with E-state index in [4.69, 9.17) is 0 Å². The van der Waals surface area contributed by atoms with E-state index in [0.717, 1.165) is 31.5 Å². The summed E-state index contributed by atoms with van der Waals surface area (Å²) in [6.45, 7) is 0.753. The van der Waals surface area contributed by atoms with E-state index in [1.54, 1.807) is 0 Å². The minimum atomic E-state index is -4.53. The molecule has 1 saturated heterocycles. The van der Waals surface area contributed by atoms with Crippen LogP contribution < -0.4 is 5.32 Å². The fraction of sp³-hybridized carbons (Fsp3) is 0.500. The molecule has 106 valence electrons. The van der Waals surface area contributed by atoms with Crippen LogP contribution in [0.4, 0.5) is 13.2 Å². The van der Waals surface area contributed by atoms with Gasteiger partial charge in [-0.1, -0.05) is 6.07 Å². The molecule has 0 amide bonds. The van der Waals surface area contributed by atoms with Crippen molar-refractivity contribution in [1.29, 1.82) is 0 Å². The van der Waals surface area contributed by atoms with Crippen molar-refractivity contribution in [1.82, 2.24) is 5.32 Å². The minimum Gasteiger partial charge on any atom is -0.313 e. The smallest absolute Gasteiger partial charge is 0.313 e. The average Bonchev–Trinajstić information content (AvgIpc) is 2.80. The molecule has 1 aliphatic rings. The summed E-state index contributed by atoms with van der Waals surface area (Å²) in [5.41, 5.74) is -0.937. The summed E-state index contributed by atoms with van der Waals surface area (Å²) in [6.07, 6.45) is -2.90. The number of rotatable bonds is 3. The molecule has 1 aromatic rings. The van der Waals surface area contributed by atoms with Crippen LogP contribution in [0.1, 0.15) is 18.4 Å². The van der Waals surface area contributed by atoms with Crippen LogP contribution >= 0.6 is 0 Å². The van der Waals surface area contributed by atoms with Crippen LogP contribution in [0.5, 0.6) is 0 Å². The number of alkyl halides is 3. The fourth-order valence-corrected chi connectivity index (χ4v) is 3.73. The minimum absolute atomic E-state index is 0.158. The molecule has 0 bridgehead atoms. The Morgan fingerprint density at radius 3 is 2.63 bits per heavy atom. The van der Waals surface area contributed by atoms with Gasteiger partial charge >= 0.3 is 6.18 Å². The van der Waals surface area contributed by atoms with Gasteiger partial charge in [0.05, 0.1) is 16.2 Å². The van der Waals surface area contributed by atoms with E-state index in [9.17, 15) is 21.6 Å². The summed E-state index contributed by atoms with van der Waals surface area (Å²) < 4.78 is 61.8. The Morgan fingerprint density at radius 1 is 1.32 bits per heavy atom. The second kappa shape index (κ2) is 5.13. The normalized spacial score (nSPS) is 20.7. The van der Waals surface area contributed by atoms with Gasteiger partial charge in [0, 0.05) is 6.04 Å². The monoisotopic (exact) mass is 293 g/mol. The topological polar surface area (TPSA) is 46.2 Å². The van der Waals surface area contributed by atoms with Crippen molar-refractivity contribution in [2.75, 3.05) is 12.3 Å². The molecule has 0 aromatic heterocycles. The third kappa shape index (κ3) is 3.48. The molecular weight excluding hydrogens is 279 g/mol. The highest BCUT2D eigenvalue weighted by Crippen LogP contribution is 2.30. The van der Waals surface area contributed by atoms with Crippen molar-refractivity contribution >= 4 is 9.84 Å². The standard InChI is InChI=1S/C12H14F3NO2S/c13-12(14,15)9-3-1-5-11(7-9)19(17,18)8-10-4-2-6-16-10/h1,3,5,7,10,16H,2,4,6,8H2. The first-order valence-electron chi connectivity index (χ1n) is 5.92. The van der Waals surface area contributed by atoms with E-state index >= 15 is 0 Å². The zero-order chi connectivity index (χ0) is 14.1. The lowest BCUT2D eigenvalue weighted by Gasteiger charge is -2.12. The van der Waals surface area contributed by atoms with Gasteiger partial charge in [-0.05, 0) is 37.6 Å². The van der Waals surface area contributed by atoms with Crippen molar-refractivity contribution in [2.24, 2.45) is 0 Å². The Labute approximate surface area is 109 Å². The van der Waals surface area contributed by atoms with Gasteiger partial charge in [0.1, 0.15) is 0 Å². The molecule has 0 spiro atoms. The van der Waals surface area contributed by atoms with Crippen LogP contribution in [0.3, 0.4) is 0 Å². The van der Waals surface area contributed by atoms with E-state index in [0.29, 0.717) is 6.07 Å². The molecule has 0 aliphatic carbocycles. The molecule has 7 heteroatoms. The third-order valence-corrected chi connectivity index (χ3v) is 4.92. The maximum atomic E-state index is 12.6. The number of halogens is 3. The van der Waals surface area contributed by atoms with E-state index < -0.39 is 21.6 Å². The van der Waals surface area contributed by atoms with Gasteiger partial charge in [-0.15, -0.1) is 0 Å². The van der Waals surface area contributed by atoms with Crippen molar-refractivity contribution < 1.29 is 21.6 Å². The summed E-state index contributed by atoms with van der Waals surface area (Å²) in [6, 6.07) is 3.73. The van der Waals surface area contributed by atoms with Gasteiger partial charge < -0.3 is 5.32 Å². The van der Waals surface area contributed by atoms with Crippen LogP contribution in [0.25, 0.3) is 0 Å². The van der Waals surface area contributed by atoms with Crippen LogP contribution in [0.15, 0.2) is 29.2 Å². The van der Waals surface area contributed by atoms with Crippen molar-refractivity contribution in [3.63, 3.8) is 0 Å². The van der Waals surface area contributed by atoms with E-state index in [1.807, 2.05) is 0 Å². The highest BCUT2D eigenvalue weighted by Gasteiger charge is 2.32. The quantitative estimate of drug-likeness (QED) is 0.929. The number of hydrogen-bond acceptors (Lipinski definition) is 3. The number of benzene rings is 1. The predicted octanol–water partition coefficient (Wildman–Crippen LogP) is 2.23. The van der Waals surface area contributed by atoms with Gasteiger partial charge in [0.25, 0.3) is 0 Å². The Balaban J connectivity index is 2.25. The Morgan fingerprint density at radius 2 is 2.05 bits per heavy atom. The first kappa shape index (κ1) is 14.3.